The topological polar surface area (TPSA) is 30.2 Å². The molecule has 96 valence electrons. The fourth-order valence-corrected chi connectivity index (χ4v) is 2.10. The van der Waals surface area contributed by atoms with Gasteiger partial charge in [0.1, 0.15) is 5.69 Å². The number of aromatic nitrogens is 2. The van der Waals surface area contributed by atoms with E-state index in [9.17, 15) is 0 Å². The molecular weight excluding hydrogens is 230 g/mol. The van der Waals surface area contributed by atoms with E-state index in [1.54, 1.807) is 11.9 Å². The van der Waals surface area contributed by atoms with Gasteiger partial charge in [-0.05, 0) is 23.9 Å². The smallest absolute Gasteiger partial charge is 0.104 e. The van der Waals surface area contributed by atoms with Crippen LogP contribution in [0.3, 0.4) is 0 Å². The molecular formula is C13H23N3S. The van der Waals surface area contributed by atoms with Crippen molar-refractivity contribution in [2.24, 2.45) is 17.4 Å². The second kappa shape index (κ2) is 5.71. The number of nitrogens with zero attached hydrogens (tertiary/aromatic N) is 3. The van der Waals surface area contributed by atoms with E-state index < -0.39 is 0 Å². The third kappa shape index (κ3) is 4.54. The van der Waals surface area contributed by atoms with Crippen molar-refractivity contribution in [2.45, 2.75) is 40.0 Å². The Hall–Kier alpha value is -0.770. The Morgan fingerprint density at radius 2 is 2.12 bits per heavy atom. The zero-order chi connectivity index (χ0) is 13.1. The van der Waals surface area contributed by atoms with Crippen LogP contribution in [0.1, 0.15) is 46.0 Å². The minimum absolute atomic E-state index is 0.124. The standard InChI is InChI=1S/C13H23N3S/c1-10(2)9-17-14-8-11-7-12(13(3,4)5)16(6)15-11/h7-8,10H,9H2,1-6H3. The van der Waals surface area contributed by atoms with Gasteiger partial charge in [0.15, 0.2) is 0 Å². The highest BCUT2D eigenvalue weighted by Crippen LogP contribution is 2.22. The van der Waals surface area contributed by atoms with E-state index in [0.29, 0.717) is 5.92 Å². The summed E-state index contributed by atoms with van der Waals surface area (Å²) in [4.78, 5) is 0. The Labute approximate surface area is 109 Å². The van der Waals surface area contributed by atoms with Crippen LogP contribution in [-0.2, 0) is 12.5 Å². The van der Waals surface area contributed by atoms with E-state index in [0.717, 1.165) is 11.4 Å². The normalized spacial score (nSPS) is 12.9. The molecule has 1 heterocycles. The molecule has 3 nitrogen and oxygen atoms in total. The highest BCUT2D eigenvalue weighted by molar-refractivity contribution is 7.98. The molecule has 0 bridgehead atoms. The van der Waals surface area contributed by atoms with E-state index in [2.05, 4.69) is 50.2 Å². The molecule has 0 aliphatic rings. The summed E-state index contributed by atoms with van der Waals surface area (Å²) in [6.07, 6.45) is 1.85. The predicted molar refractivity (Wildman–Crippen MR) is 76.8 cm³/mol. The van der Waals surface area contributed by atoms with Crippen LogP contribution in [0.5, 0.6) is 0 Å². The Bertz CT molecular complexity index is 386. The summed E-state index contributed by atoms with van der Waals surface area (Å²) in [5, 5.41) is 4.45. The quantitative estimate of drug-likeness (QED) is 0.608. The van der Waals surface area contributed by atoms with Gasteiger partial charge in [-0.15, -0.1) is 0 Å². The van der Waals surface area contributed by atoms with Crippen LogP contribution in [0.15, 0.2) is 10.5 Å². The SMILES string of the molecule is CC(C)CSN=Cc1cc(C(C)(C)C)n(C)n1. The van der Waals surface area contributed by atoms with Gasteiger partial charge in [-0.1, -0.05) is 34.6 Å². The van der Waals surface area contributed by atoms with Gasteiger partial charge in [-0.25, -0.2) is 4.40 Å². The lowest BCUT2D eigenvalue weighted by Gasteiger charge is -2.17. The van der Waals surface area contributed by atoms with Crippen LogP contribution in [-0.4, -0.2) is 21.7 Å². The van der Waals surface area contributed by atoms with Crippen LogP contribution in [0.25, 0.3) is 0 Å². The predicted octanol–water partition coefficient (Wildman–Crippen LogP) is 3.44. The fourth-order valence-electron chi connectivity index (χ4n) is 1.54. The highest BCUT2D eigenvalue weighted by atomic mass is 32.2. The molecule has 1 rings (SSSR count). The Balaban J connectivity index is 2.68. The van der Waals surface area contributed by atoms with Gasteiger partial charge in [0, 0.05) is 23.9 Å². The zero-order valence-electron chi connectivity index (χ0n) is 11.7. The minimum Gasteiger partial charge on any atom is -0.271 e. The summed E-state index contributed by atoms with van der Waals surface area (Å²) in [6.45, 7) is 11.0. The van der Waals surface area contributed by atoms with Crippen molar-refractivity contribution >= 4 is 18.2 Å². The summed E-state index contributed by atoms with van der Waals surface area (Å²) in [6, 6.07) is 2.11. The molecule has 0 aliphatic carbocycles. The van der Waals surface area contributed by atoms with Gasteiger partial charge in [0.05, 0.1) is 6.21 Å². The van der Waals surface area contributed by atoms with E-state index in [1.807, 2.05) is 17.9 Å². The highest BCUT2D eigenvalue weighted by Gasteiger charge is 2.18. The summed E-state index contributed by atoms with van der Waals surface area (Å²) in [5.74, 6) is 1.72. The summed E-state index contributed by atoms with van der Waals surface area (Å²) in [7, 11) is 1.99. The van der Waals surface area contributed by atoms with Crippen molar-refractivity contribution in [3.05, 3.63) is 17.5 Å². The molecule has 0 fully saturated rings. The molecule has 0 unspecified atom stereocenters. The first-order valence-corrected chi connectivity index (χ1v) is 6.95. The Kier molecular flexibility index (Phi) is 4.80. The molecule has 1 aromatic heterocycles. The monoisotopic (exact) mass is 253 g/mol. The lowest BCUT2D eigenvalue weighted by atomic mass is 9.92. The fraction of sp³-hybridized carbons (Fsp3) is 0.692. The van der Waals surface area contributed by atoms with E-state index >= 15 is 0 Å². The van der Waals surface area contributed by atoms with Crippen molar-refractivity contribution < 1.29 is 0 Å². The maximum Gasteiger partial charge on any atom is 0.104 e. The average molecular weight is 253 g/mol. The molecule has 17 heavy (non-hydrogen) atoms. The lowest BCUT2D eigenvalue weighted by molar-refractivity contribution is 0.523. The van der Waals surface area contributed by atoms with Gasteiger partial charge in [0.2, 0.25) is 0 Å². The number of hydrogen-bond acceptors (Lipinski definition) is 3. The van der Waals surface area contributed by atoms with Crippen molar-refractivity contribution in [3.8, 4) is 0 Å². The Morgan fingerprint density at radius 3 is 2.59 bits per heavy atom. The van der Waals surface area contributed by atoms with Crippen LogP contribution in [0.2, 0.25) is 0 Å². The van der Waals surface area contributed by atoms with Crippen LogP contribution >= 0.6 is 11.9 Å². The number of hydrogen-bond donors (Lipinski definition) is 0. The second-order valence-electron chi connectivity index (χ2n) is 5.75. The molecule has 0 aromatic carbocycles. The molecule has 0 radical (unpaired) electrons. The number of rotatable bonds is 4. The first kappa shape index (κ1) is 14.3. The molecule has 0 spiro atoms. The van der Waals surface area contributed by atoms with Gasteiger partial charge in [-0.2, -0.15) is 5.10 Å². The van der Waals surface area contributed by atoms with Gasteiger partial charge in [0.25, 0.3) is 0 Å². The zero-order valence-corrected chi connectivity index (χ0v) is 12.5. The summed E-state index contributed by atoms with van der Waals surface area (Å²) in [5.41, 5.74) is 2.29. The van der Waals surface area contributed by atoms with Crippen LogP contribution in [0, 0.1) is 5.92 Å². The van der Waals surface area contributed by atoms with Crippen molar-refractivity contribution in [1.82, 2.24) is 9.78 Å². The molecule has 1 aromatic rings. The minimum atomic E-state index is 0.124. The van der Waals surface area contributed by atoms with Gasteiger partial charge < -0.3 is 0 Å². The lowest BCUT2D eigenvalue weighted by Crippen LogP contribution is -2.16. The third-order valence-corrected chi connectivity index (χ3v) is 3.40. The first-order chi connectivity index (χ1) is 7.80. The summed E-state index contributed by atoms with van der Waals surface area (Å²) >= 11 is 1.60. The maximum atomic E-state index is 4.45. The average Bonchev–Trinajstić information content (AvgIpc) is 2.53. The van der Waals surface area contributed by atoms with Crippen LogP contribution < -0.4 is 0 Å². The van der Waals surface area contributed by atoms with Crippen molar-refractivity contribution in [1.29, 1.82) is 0 Å². The molecule has 0 saturated carbocycles. The van der Waals surface area contributed by atoms with Gasteiger partial charge >= 0.3 is 0 Å². The van der Waals surface area contributed by atoms with E-state index in [-0.39, 0.29) is 5.41 Å². The largest absolute Gasteiger partial charge is 0.271 e. The third-order valence-electron chi connectivity index (χ3n) is 2.33. The summed E-state index contributed by atoms with van der Waals surface area (Å²) < 4.78 is 6.27. The molecule has 0 N–H and O–H groups in total. The second-order valence-corrected chi connectivity index (χ2v) is 6.55. The van der Waals surface area contributed by atoms with Crippen molar-refractivity contribution in [2.75, 3.05) is 5.75 Å². The number of aryl methyl sites for hydroxylation is 1. The van der Waals surface area contributed by atoms with Crippen molar-refractivity contribution in [3.63, 3.8) is 0 Å². The van der Waals surface area contributed by atoms with Gasteiger partial charge in [-0.3, -0.25) is 4.68 Å². The first-order valence-electron chi connectivity index (χ1n) is 6.00. The van der Waals surface area contributed by atoms with Crippen LogP contribution in [0.4, 0.5) is 0 Å². The van der Waals surface area contributed by atoms with E-state index in [1.165, 1.54) is 5.69 Å². The van der Waals surface area contributed by atoms with E-state index in [4.69, 9.17) is 0 Å². The molecule has 4 heteroatoms. The molecule has 0 aliphatic heterocycles. The molecule has 0 amide bonds. The molecule has 0 saturated heterocycles. The molecule has 0 atom stereocenters. The maximum absolute atomic E-state index is 4.45. The Morgan fingerprint density at radius 1 is 1.47 bits per heavy atom.